The average molecular weight is 425 g/mol. The molecule has 0 spiro atoms. The van der Waals surface area contributed by atoms with Gasteiger partial charge in [0.1, 0.15) is 6.04 Å². The third kappa shape index (κ3) is 5.97. The zero-order valence-corrected chi connectivity index (χ0v) is 17.8. The molecule has 8 heteroatoms. The lowest BCUT2D eigenvalue weighted by Gasteiger charge is -2.36. The van der Waals surface area contributed by atoms with Crippen LogP contribution in [-0.4, -0.2) is 61.6 Å². The summed E-state index contributed by atoms with van der Waals surface area (Å²) in [5.41, 5.74) is 2.09. The molecule has 2 N–H and O–H groups in total. The molecular weight excluding hydrogens is 396 g/mol. The zero-order chi connectivity index (χ0) is 22.2. The summed E-state index contributed by atoms with van der Waals surface area (Å²) < 4.78 is 4.94. The SMILES string of the molecule is CCOC(=O)c1ccc(NC(=O)[C@H](C)NC(=O)N2CCN(c3ccccc3)CC2)cc1. The van der Waals surface area contributed by atoms with E-state index in [1.165, 1.54) is 0 Å². The highest BCUT2D eigenvalue weighted by atomic mass is 16.5. The second kappa shape index (κ2) is 10.5. The fourth-order valence-corrected chi connectivity index (χ4v) is 3.30. The predicted octanol–water partition coefficient (Wildman–Crippen LogP) is 2.72. The summed E-state index contributed by atoms with van der Waals surface area (Å²) in [7, 11) is 0. The van der Waals surface area contributed by atoms with Gasteiger partial charge in [0.25, 0.3) is 0 Å². The minimum atomic E-state index is -0.704. The van der Waals surface area contributed by atoms with Crippen molar-refractivity contribution in [3.8, 4) is 0 Å². The van der Waals surface area contributed by atoms with E-state index in [4.69, 9.17) is 4.74 Å². The Morgan fingerprint density at radius 2 is 1.61 bits per heavy atom. The molecule has 1 atom stereocenters. The third-order valence-electron chi connectivity index (χ3n) is 5.09. The van der Waals surface area contributed by atoms with Crippen LogP contribution in [0.2, 0.25) is 0 Å². The van der Waals surface area contributed by atoms with Gasteiger partial charge in [-0.1, -0.05) is 18.2 Å². The van der Waals surface area contributed by atoms with Gasteiger partial charge in [-0.05, 0) is 50.2 Å². The second-order valence-corrected chi connectivity index (χ2v) is 7.27. The number of piperazine rings is 1. The maximum Gasteiger partial charge on any atom is 0.338 e. The van der Waals surface area contributed by atoms with Crippen LogP contribution in [-0.2, 0) is 9.53 Å². The maximum absolute atomic E-state index is 12.6. The molecule has 1 aliphatic heterocycles. The van der Waals surface area contributed by atoms with Crippen LogP contribution in [0.25, 0.3) is 0 Å². The first-order valence-corrected chi connectivity index (χ1v) is 10.4. The number of amides is 3. The molecule has 1 saturated heterocycles. The lowest BCUT2D eigenvalue weighted by atomic mass is 10.2. The Morgan fingerprint density at radius 3 is 2.23 bits per heavy atom. The summed E-state index contributed by atoms with van der Waals surface area (Å²) in [6.45, 7) is 6.34. The van der Waals surface area contributed by atoms with Crippen LogP contribution in [0.15, 0.2) is 54.6 Å². The van der Waals surface area contributed by atoms with Gasteiger partial charge >= 0.3 is 12.0 Å². The molecule has 0 aromatic heterocycles. The summed E-state index contributed by atoms with van der Waals surface area (Å²) in [5.74, 6) is -0.742. The van der Waals surface area contributed by atoms with Crippen molar-refractivity contribution in [3.63, 3.8) is 0 Å². The molecule has 0 bridgehead atoms. The number of benzene rings is 2. The molecule has 0 saturated carbocycles. The quantitative estimate of drug-likeness (QED) is 0.696. The molecule has 1 fully saturated rings. The van der Waals surface area contributed by atoms with Gasteiger partial charge in [-0.2, -0.15) is 0 Å². The Bertz CT molecular complexity index is 894. The fraction of sp³-hybridized carbons (Fsp3) is 0.348. The van der Waals surface area contributed by atoms with Gasteiger partial charge < -0.3 is 25.2 Å². The number of esters is 1. The van der Waals surface area contributed by atoms with E-state index in [9.17, 15) is 14.4 Å². The molecule has 2 aromatic carbocycles. The van der Waals surface area contributed by atoms with Crippen molar-refractivity contribution in [3.05, 3.63) is 60.2 Å². The van der Waals surface area contributed by atoms with Crippen molar-refractivity contribution in [1.82, 2.24) is 10.2 Å². The number of hydrogen-bond acceptors (Lipinski definition) is 5. The molecule has 2 aromatic rings. The largest absolute Gasteiger partial charge is 0.462 e. The Balaban J connectivity index is 1.46. The van der Waals surface area contributed by atoms with Gasteiger partial charge in [0.05, 0.1) is 12.2 Å². The predicted molar refractivity (Wildman–Crippen MR) is 119 cm³/mol. The summed E-state index contributed by atoms with van der Waals surface area (Å²) >= 11 is 0. The molecule has 31 heavy (non-hydrogen) atoms. The summed E-state index contributed by atoms with van der Waals surface area (Å²) in [6.07, 6.45) is 0. The van der Waals surface area contributed by atoms with Crippen LogP contribution in [0, 0.1) is 0 Å². The van der Waals surface area contributed by atoms with E-state index < -0.39 is 12.0 Å². The molecule has 8 nitrogen and oxygen atoms in total. The molecule has 164 valence electrons. The van der Waals surface area contributed by atoms with Gasteiger partial charge in [-0.25, -0.2) is 9.59 Å². The van der Waals surface area contributed by atoms with Crippen LogP contribution < -0.4 is 15.5 Å². The van der Waals surface area contributed by atoms with E-state index in [0.29, 0.717) is 30.9 Å². The lowest BCUT2D eigenvalue weighted by Crippen LogP contribution is -2.54. The second-order valence-electron chi connectivity index (χ2n) is 7.27. The number of para-hydroxylation sites is 1. The normalized spacial score (nSPS) is 14.5. The number of hydrogen-bond donors (Lipinski definition) is 2. The molecular formula is C23H28N4O4. The van der Waals surface area contributed by atoms with Crippen molar-refractivity contribution in [1.29, 1.82) is 0 Å². The number of rotatable bonds is 6. The number of ether oxygens (including phenoxy) is 1. The summed E-state index contributed by atoms with van der Waals surface area (Å²) in [4.78, 5) is 40.6. The molecule has 0 aliphatic carbocycles. The highest BCUT2D eigenvalue weighted by molar-refractivity contribution is 5.97. The van der Waals surface area contributed by atoms with Crippen molar-refractivity contribution in [2.75, 3.05) is 43.0 Å². The Labute approximate surface area is 182 Å². The molecule has 0 unspecified atom stereocenters. The first-order valence-electron chi connectivity index (χ1n) is 10.4. The van der Waals surface area contributed by atoms with E-state index in [1.54, 1.807) is 43.0 Å². The van der Waals surface area contributed by atoms with E-state index in [0.717, 1.165) is 18.8 Å². The number of nitrogens with one attached hydrogen (secondary N) is 2. The van der Waals surface area contributed by atoms with Crippen LogP contribution in [0.3, 0.4) is 0 Å². The van der Waals surface area contributed by atoms with E-state index in [-0.39, 0.29) is 11.9 Å². The first-order chi connectivity index (χ1) is 15.0. The van der Waals surface area contributed by atoms with Gasteiger partial charge in [0, 0.05) is 37.6 Å². The highest BCUT2D eigenvalue weighted by Crippen LogP contribution is 2.16. The standard InChI is InChI=1S/C23H28N4O4/c1-3-31-22(29)18-9-11-19(12-10-18)25-21(28)17(2)24-23(30)27-15-13-26(14-16-27)20-7-5-4-6-8-20/h4-12,17H,3,13-16H2,1-2H3,(H,24,30)(H,25,28)/t17-/m0/s1. The molecule has 1 aliphatic rings. The number of nitrogens with zero attached hydrogens (tertiary/aromatic N) is 2. The summed E-state index contributed by atoms with van der Waals surface area (Å²) in [6, 6.07) is 15.6. The summed E-state index contributed by atoms with van der Waals surface area (Å²) in [5, 5.41) is 5.50. The monoisotopic (exact) mass is 424 g/mol. The van der Waals surface area contributed by atoms with Crippen LogP contribution >= 0.6 is 0 Å². The van der Waals surface area contributed by atoms with Crippen molar-refractivity contribution in [2.24, 2.45) is 0 Å². The maximum atomic E-state index is 12.6. The minimum absolute atomic E-state index is 0.256. The number of carbonyl (C=O) groups is 3. The first kappa shape index (κ1) is 22.1. The van der Waals surface area contributed by atoms with Crippen LogP contribution in [0.1, 0.15) is 24.2 Å². The smallest absolute Gasteiger partial charge is 0.338 e. The Morgan fingerprint density at radius 1 is 0.968 bits per heavy atom. The average Bonchev–Trinajstić information content (AvgIpc) is 2.80. The van der Waals surface area contributed by atoms with E-state index in [2.05, 4.69) is 27.7 Å². The topological polar surface area (TPSA) is 91.0 Å². The fourth-order valence-electron chi connectivity index (χ4n) is 3.30. The number of anilines is 2. The highest BCUT2D eigenvalue weighted by Gasteiger charge is 2.24. The molecule has 3 amide bonds. The molecule has 3 rings (SSSR count). The zero-order valence-electron chi connectivity index (χ0n) is 17.8. The van der Waals surface area contributed by atoms with E-state index >= 15 is 0 Å². The number of urea groups is 1. The third-order valence-corrected chi connectivity index (χ3v) is 5.09. The Kier molecular flexibility index (Phi) is 7.48. The van der Waals surface area contributed by atoms with Gasteiger partial charge in [-0.15, -0.1) is 0 Å². The van der Waals surface area contributed by atoms with Gasteiger partial charge in [-0.3, -0.25) is 4.79 Å². The lowest BCUT2D eigenvalue weighted by molar-refractivity contribution is -0.117. The van der Waals surface area contributed by atoms with Crippen molar-refractivity contribution in [2.45, 2.75) is 19.9 Å². The number of carbonyl (C=O) groups excluding carboxylic acids is 3. The van der Waals surface area contributed by atoms with E-state index in [1.807, 2.05) is 18.2 Å². The van der Waals surface area contributed by atoms with Crippen molar-refractivity contribution < 1.29 is 19.1 Å². The molecule has 0 radical (unpaired) electrons. The van der Waals surface area contributed by atoms with Gasteiger partial charge in [0.15, 0.2) is 0 Å². The van der Waals surface area contributed by atoms with Gasteiger partial charge in [0.2, 0.25) is 5.91 Å². The van der Waals surface area contributed by atoms with Crippen molar-refractivity contribution >= 4 is 29.3 Å². The minimum Gasteiger partial charge on any atom is -0.462 e. The van der Waals surface area contributed by atoms with Crippen LogP contribution in [0.5, 0.6) is 0 Å². The molecule has 1 heterocycles. The Hall–Kier alpha value is -3.55. The van der Waals surface area contributed by atoms with Crippen LogP contribution in [0.4, 0.5) is 16.2 Å².